The van der Waals surface area contributed by atoms with Crippen LogP contribution < -0.4 is 0 Å². The molecule has 2 aliphatic heterocycles. The van der Waals surface area contributed by atoms with E-state index in [1.165, 1.54) is 10.8 Å². The highest BCUT2D eigenvalue weighted by Crippen LogP contribution is 2.64. The van der Waals surface area contributed by atoms with E-state index in [2.05, 4.69) is 4.85 Å². The lowest BCUT2D eigenvalue weighted by Gasteiger charge is -2.21. The molecule has 3 atom stereocenters. The van der Waals surface area contributed by atoms with Crippen LogP contribution in [0.15, 0.2) is 23.1 Å². The van der Waals surface area contributed by atoms with Gasteiger partial charge < -0.3 is 14.9 Å². The van der Waals surface area contributed by atoms with E-state index in [4.69, 9.17) is 11.3 Å². The van der Waals surface area contributed by atoms with Crippen molar-refractivity contribution in [1.29, 1.82) is 0 Å². The van der Waals surface area contributed by atoms with Crippen molar-refractivity contribution >= 4 is 16.5 Å². The Bertz CT molecular complexity index is 950. The van der Waals surface area contributed by atoms with Crippen molar-refractivity contribution in [2.24, 2.45) is 0 Å². The number of hydrogen-bond donors (Lipinski definition) is 2. The summed E-state index contributed by atoms with van der Waals surface area (Å²) in [6.07, 6.45) is 3.04. The van der Waals surface area contributed by atoms with Gasteiger partial charge in [-0.25, -0.2) is 4.85 Å². The molecule has 25 heavy (non-hydrogen) atoms. The molecule has 0 saturated carbocycles. The maximum absolute atomic E-state index is 11.9. The van der Waals surface area contributed by atoms with Crippen molar-refractivity contribution < 1.29 is 19.2 Å². The van der Waals surface area contributed by atoms with Crippen LogP contribution in [0, 0.1) is 6.57 Å². The van der Waals surface area contributed by atoms with Gasteiger partial charge in [-0.15, -0.1) is 0 Å². The van der Waals surface area contributed by atoms with Gasteiger partial charge in [0.1, 0.15) is 0 Å². The third-order valence-corrected chi connectivity index (χ3v) is 6.29. The molecule has 0 radical (unpaired) electrons. The fourth-order valence-corrected chi connectivity index (χ4v) is 4.88. The number of ether oxygens (including phenoxy) is 1. The monoisotopic (exact) mass is 358 g/mol. The molecule has 0 spiro atoms. The smallest absolute Gasteiger partial charge is 0.205 e. The summed E-state index contributed by atoms with van der Waals surface area (Å²) in [7, 11) is -1.36. The van der Waals surface area contributed by atoms with E-state index in [9.17, 15) is 14.4 Å². The van der Waals surface area contributed by atoms with E-state index < -0.39 is 22.0 Å². The molecule has 2 N–H and O–H groups in total. The Balaban J connectivity index is 1.98. The molecule has 2 aliphatic rings. The second-order valence-corrected chi connectivity index (χ2v) is 8.36. The quantitative estimate of drug-likeness (QED) is 0.807. The number of aromatic hydroxyl groups is 2. The molecule has 0 aliphatic carbocycles. The van der Waals surface area contributed by atoms with Gasteiger partial charge >= 0.3 is 0 Å². The van der Waals surface area contributed by atoms with Crippen molar-refractivity contribution in [3.05, 3.63) is 40.7 Å². The van der Waals surface area contributed by atoms with Crippen LogP contribution in [-0.2, 0) is 26.7 Å². The molecular weight excluding hydrogens is 340 g/mol. The van der Waals surface area contributed by atoms with E-state index in [1.807, 2.05) is 13.8 Å². The third kappa shape index (κ3) is 1.95. The summed E-state index contributed by atoms with van der Waals surface area (Å²) in [5.74, 6) is -0.136. The summed E-state index contributed by atoms with van der Waals surface area (Å²) in [6, 6.07) is 4.76. The van der Waals surface area contributed by atoms with E-state index in [1.54, 1.807) is 18.2 Å². The van der Waals surface area contributed by atoms with Crippen LogP contribution in [-0.4, -0.2) is 25.2 Å². The molecular formula is C18H18N2O4S. The summed E-state index contributed by atoms with van der Waals surface area (Å²) in [5.41, 5.74) is 0.756. The second-order valence-electron chi connectivity index (χ2n) is 7.01. The van der Waals surface area contributed by atoms with Gasteiger partial charge in [0.05, 0.1) is 34.6 Å². The summed E-state index contributed by atoms with van der Waals surface area (Å²) < 4.78 is 19.4. The minimum absolute atomic E-state index is 0.0678. The van der Waals surface area contributed by atoms with Gasteiger partial charge in [0.2, 0.25) is 17.4 Å². The van der Waals surface area contributed by atoms with E-state index in [0.29, 0.717) is 27.4 Å². The van der Waals surface area contributed by atoms with Gasteiger partial charge in [-0.1, -0.05) is 6.07 Å². The number of rotatable bonds is 2. The van der Waals surface area contributed by atoms with Crippen LogP contribution in [0.2, 0.25) is 0 Å². The average molecular weight is 358 g/mol. The Morgan fingerprint density at radius 1 is 1.20 bits per heavy atom. The summed E-state index contributed by atoms with van der Waals surface area (Å²) >= 11 is 0. The lowest BCUT2D eigenvalue weighted by molar-refractivity contribution is -0.0683. The molecule has 1 saturated heterocycles. The molecule has 1 fully saturated rings. The van der Waals surface area contributed by atoms with Crippen molar-refractivity contribution in [2.45, 2.75) is 42.8 Å². The standard InChI is InChI=1S/C18H18N2O4S/c1-17-7-8-18(2,24-17)14-13(17)15(21)20(16(14)22)10-5-6-11(19-3)12(9-10)25(4)23/h5-6,9,21-22H,7-8H2,1-2,4H3. The van der Waals surface area contributed by atoms with Crippen molar-refractivity contribution in [1.82, 2.24) is 4.57 Å². The van der Waals surface area contributed by atoms with Gasteiger partial charge in [-0.3, -0.25) is 8.78 Å². The molecule has 1 aromatic carbocycles. The number of hydrogen-bond acceptors (Lipinski definition) is 4. The Morgan fingerprint density at radius 2 is 1.76 bits per heavy atom. The number of aromatic nitrogens is 1. The molecule has 1 aromatic heterocycles. The predicted octanol–water partition coefficient (Wildman–Crippen LogP) is 3.43. The van der Waals surface area contributed by atoms with E-state index in [-0.39, 0.29) is 11.8 Å². The molecule has 3 heterocycles. The Morgan fingerprint density at radius 3 is 2.24 bits per heavy atom. The molecule has 4 rings (SSSR count). The van der Waals surface area contributed by atoms with E-state index in [0.717, 1.165) is 12.8 Å². The van der Waals surface area contributed by atoms with Gasteiger partial charge in [0, 0.05) is 22.0 Å². The van der Waals surface area contributed by atoms with Crippen LogP contribution in [0.4, 0.5) is 5.69 Å². The number of fused-ring (bicyclic) bond motifs is 5. The largest absolute Gasteiger partial charge is 0.494 e. The van der Waals surface area contributed by atoms with Crippen molar-refractivity contribution in [3.8, 4) is 17.4 Å². The first kappa shape index (κ1) is 16.2. The van der Waals surface area contributed by atoms with Crippen LogP contribution >= 0.6 is 0 Å². The van der Waals surface area contributed by atoms with Crippen LogP contribution in [0.3, 0.4) is 0 Å². The zero-order valence-corrected chi connectivity index (χ0v) is 15.0. The normalized spacial score (nSPS) is 27.9. The highest BCUT2D eigenvalue weighted by Gasteiger charge is 2.59. The Kier molecular flexibility index (Phi) is 3.15. The first-order chi connectivity index (χ1) is 11.7. The zero-order chi connectivity index (χ0) is 18.1. The van der Waals surface area contributed by atoms with Gasteiger partial charge in [0.15, 0.2) is 0 Å². The molecule has 6 nitrogen and oxygen atoms in total. The fraction of sp³-hybridized carbons (Fsp3) is 0.389. The summed E-state index contributed by atoms with van der Waals surface area (Å²) in [4.78, 5) is 3.75. The highest BCUT2D eigenvalue weighted by atomic mass is 32.2. The van der Waals surface area contributed by atoms with E-state index >= 15 is 0 Å². The zero-order valence-electron chi connectivity index (χ0n) is 14.2. The molecule has 2 aromatic rings. The van der Waals surface area contributed by atoms with Crippen LogP contribution in [0.1, 0.15) is 37.8 Å². The lowest BCUT2D eigenvalue weighted by Crippen LogP contribution is -2.17. The minimum Gasteiger partial charge on any atom is -0.494 e. The predicted molar refractivity (Wildman–Crippen MR) is 92.7 cm³/mol. The first-order valence-electron chi connectivity index (χ1n) is 7.95. The lowest BCUT2D eigenvalue weighted by atomic mass is 9.80. The van der Waals surface area contributed by atoms with Crippen molar-refractivity contribution in [3.63, 3.8) is 0 Å². The third-order valence-electron chi connectivity index (χ3n) is 5.34. The second kappa shape index (κ2) is 4.87. The highest BCUT2D eigenvalue weighted by molar-refractivity contribution is 7.84. The maximum Gasteiger partial charge on any atom is 0.205 e. The van der Waals surface area contributed by atoms with Gasteiger partial charge in [-0.05, 0) is 38.8 Å². The average Bonchev–Trinajstić information content (AvgIpc) is 3.11. The summed E-state index contributed by atoms with van der Waals surface area (Å²) in [6.45, 7) is 11.0. The summed E-state index contributed by atoms with van der Waals surface area (Å²) in [5, 5.41) is 21.7. The molecule has 130 valence electrons. The van der Waals surface area contributed by atoms with Crippen LogP contribution in [0.5, 0.6) is 11.8 Å². The minimum atomic E-state index is -1.36. The SMILES string of the molecule is [C-]#[N+]c1ccc(-n2c(O)c3c(c2O)C2(C)CCC3(C)O2)cc1S(C)=O. The number of benzene rings is 1. The molecule has 2 bridgehead atoms. The van der Waals surface area contributed by atoms with Crippen LogP contribution in [0.25, 0.3) is 10.5 Å². The number of nitrogens with zero attached hydrogens (tertiary/aromatic N) is 2. The fourth-order valence-electron chi connectivity index (χ4n) is 4.19. The molecule has 3 unspecified atom stereocenters. The molecule has 0 amide bonds. The maximum atomic E-state index is 11.9. The molecule has 7 heteroatoms. The van der Waals surface area contributed by atoms with Gasteiger partial charge in [-0.2, -0.15) is 0 Å². The first-order valence-corrected chi connectivity index (χ1v) is 9.51. The Labute approximate surface area is 147 Å². The van der Waals surface area contributed by atoms with Crippen molar-refractivity contribution in [2.75, 3.05) is 6.26 Å². The van der Waals surface area contributed by atoms with Gasteiger partial charge in [0.25, 0.3) is 0 Å². The Hall–Kier alpha value is -2.30. The topological polar surface area (TPSA) is 76.1 Å².